The zero-order valence-electron chi connectivity index (χ0n) is 17.4. The van der Waals surface area contributed by atoms with Crippen LogP contribution in [-0.2, 0) is 14.8 Å². The maximum Gasteiger partial charge on any atom is 0.247 e. The van der Waals surface area contributed by atoms with Gasteiger partial charge in [-0.15, -0.1) is 0 Å². The number of amides is 1. The monoisotopic (exact) mass is 434 g/mol. The summed E-state index contributed by atoms with van der Waals surface area (Å²) in [6, 6.07) is 10.4. The molecule has 8 nitrogen and oxygen atoms in total. The minimum absolute atomic E-state index is 0.204. The predicted octanol–water partition coefficient (Wildman–Crippen LogP) is 3.06. The molecule has 0 bridgehead atoms. The number of hydrogen-bond acceptors (Lipinski definition) is 6. The summed E-state index contributed by atoms with van der Waals surface area (Å²) in [4.78, 5) is 12.9. The second kappa shape index (κ2) is 10.0. The normalized spacial score (nSPS) is 11.9. The van der Waals surface area contributed by atoms with E-state index in [1.54, 1.807) is 42.5 Å². The van der Waals surface area contributed by atoms with E-state index in [-0.39, 0.29) is 5.69 Å². The number of nitrogens with one attached hydrogen (secondary N) is 1. The molecule has 1 amide bonds. The van der Waals surface area contributed by atoms with Crippen LogP contribution in [-0.4, -0.2) is 47.4 Å². The van der Waals surface area contributed by atoms with Crippen LogP contribution in [0.4, 0.5) is 11.4 Å². The van der Waals surface area contributed by atoms with Crippen LogP contribution in [0, 0.1) is 0 Å². The van der Waals surface area contributed by atoms with Crippen molar-refractivity contribution in [2.45, 2.75) is 13.0 Å². The van der Waals surface area contributed by atoms with Gasteiger partial charge >= 0.3 is 0 Å². The van der Waals surface area contributed by atoms with Gasteiger partial charge in [-0.25, -0.2) is 8.42 Å². The van der Waals surface area contributed by atoms with Crippen LogP contribution in [0.1, 0.15) is 6.92 Å². The minimum atomic E-state index is -3.82. The molecule has 1 atom stereocenters. The van der Waals surface area contributed by atoms with E-state index in [1.165, 1.54) is 27.2 Å². The Morgan fingerprint density at radius 1 is 1.13 bits per heavy atom. The second-order valence-electron chi connectivity index (χ2n) is 6.39. The van der Waals surface area contributed by atoms with E-state index >= 15 is 0 Å². The van der Waals surface area contributed by atoms with E-state index in [0.29, 0.717) is 29.5 Å². The standard InChI is InChI=1S/C21H26N2O6S/c1-6-13-29-17-9-7-16(8-10-17)22-21(24)15(2)23(30(5,25)26)19-14-18(27-3)11-12-20(19)28-4/h6-12,14-15H,1,13H2,2-5H3,(H,22,24)/t15-/m1/s1. The molecule has 0 unspecified atom stereocenters. The largest absolute Gasteiger partial charge is 0.497 e. The summed E-state index contributed by atoms with van der Waals surface area (Å²) < 4.78 is 42.0. The topological polar surface area (TPSA) is 94.2 Å². The molecular weight excluding hydrogens is 408 g/mol. The number of methoxy groups -OCH3 is 2. The van der Waals surface area contributed by atoms with Crippen molar-refractivity contribution in [3.63, 3.8) is 0 Å². The minimum Gasteiger partial charge on any atom is -0.497 e. The number of nitrogens with zero attached hydrogens (tertiary/aromatic N) is 1. The number of ether oxygens (including phenoxy) is 3. The van der Waals surface area contributed by atoms with Crippen molar-refractivity contribution in [1.29, 1.82) is 0 Å². The van der Waals surface area contributed by atoms with E-state index in [0.717, 1.165) is 10.6 Å². The van der Waals surface area contributed by atoms with Gasteiger partial charge in [0, 0.05) is 11.8 Å². The highest BCUT2D eigenvalue weighted by Gasteiger charge is 2.31. The van der Waals surface area contributed by atoms with Crippen LogP contribution < -0.4 is 23.8 Å². The maximum atomic E-state index is 12.9. The van der Waals surface area contributed by atoms with Crippen LogP contribution in [0.15, 0.2) is 55.1 Å². The first kappa shape index (κ1) is 23.1. The third-order valence-electron chi connectivity index (χ3n) is 4.20. The lowest BCUT2D eigenvalue weighted by Crippen LogP contribution is -2.45. The zero-order chi connectivity index (χ0) is 22.3. The average molecular weight is 435 g/mol. The summed E-state index contributed by atoms with van der Waals surface area (Å²) in [6.45, 7) is 5.45. The van der Waals surface area contributed by atoms with Gasteiger partial charge in [-0.3, -0.25) is 9.10 Å². The molecule has 1 N–H and O–H groups in total. The number of benzene rings is 2. The summed E-state index contributed by atoms with van der Waals surface area (Å²) in [6.07, 6.45) is 2.66. The first-order valence-corrected chi connectivity index (χ1v) is 10.9. The lowest BCUT2D eigenvalue weighted by atomic mass is 10.2. The Morgan fingerprint density at radius 2 is 1.77 bits per heavy atom. The van der Waals surface area contributed by atoms with Crippen LogP contribution >= 0.6 is 0 Å². The molecule has 0 aliphatic heterocycles. The Kier molecular flexibility index (Phi) is 7.71. The molecule has 0 fully saturated rings. The Morgan fingerprint density at radius 3 is 2.30 bits per heavy atom. The Balaban J connectivity index is 2.31. The molecule has 0 aromatic heterocycles. The Hall–Kier alpha value is -3.20. The molecule has 0 saturated carbocycles. The van der Waals surface area contributed by atoms with Crippen molar-refractivity contribution in [3.05, 3.63) is 55.1 Å². The summed E-state index contributed by atoms with van der Waals surface area (Å²) in [5.74, 6) is 0.844. The van der Waals surface area contributed by atoms with Gasteiger partial charge in [0.1, 0.15) is 29.9 Å². The molecule has 162 valence electrons. The summed E-state index contributed by atoms with van der Waals surface area (Å²) in [5, 5.41) is 2.72. The molecule has 30 heavy (non-hydrogen) atoms. The lowest BCUT2D eigenvalue weighted by Gasteiger charge is -2.29. The number of carbonyl (C=O) groups is 1. The highest BCUT2D eigenvalue weighted by atomic mass is 32.2. The van der Waals surface area contributed by atoms with Crippen molar-refractivity contribution < 1.29 is 27.4 Å². The van der Waals surface area contributed by atoms with Gasteiger partial charge in [0.2, 0.25) is 15.9 Å². The molecular formula is C21H26N2O6S. The van der Waals surface area contributed by atoms with Crippen LogP contribution in [0.5, 0.6) is 17.2 Å². The molecule has 0 aliphatic rings. The molecule has 0 spiro atoms. The number of hydrogen-bond donors (Lipinski definition) is 1. The van der Waals surface area contributed by atoms with E-state index < -0.39 is 22.0 Å². The van der Waals surface area contributed by atoms with Gasteiger partial charge in [0.05, 0.1) is 26.2 Å². The highest BCUT2D eigenvalue weighted by Crippen LogP contribution is 2.35. The Bertz CT molecular complexity index is 989. The van der Waals surface area contributed by atoms with Gasteiger partial charge in [-0.1, -0.05) is 12.7 Å². The molecule has 0 heterocycles. The van der Waals surface area contributed by atoms with E-state index in [9.17, 15) is 13.2 Å². The molecule has 0 saturated heterocycles. The van der Waals surface area contributed by atoms with Crippen LogP contribution in [0.25, 0.3) is 0 Å². The first-order chi connectivity index (χ1) is 14.2. The number of rotatable bonds is 10. The number of anilines is 2. The highest BCUT2D eigenvalue weighted by molar-refractivity contribution is 7.92. The zero-order valence-corrected chi connectivity index (χ0v) is 18.2. The van der Waals surface area contributed by atoms with Crippen molar-refractivity contribution in [1.82, 2.24) is 0 Å². The van der Waals surface area contributed by atoms with Gasteiger partial charge < -0.3 is 19.5 Å². The third-order valence-corrected chi connectivity index (χ3v) is 5.43. The average Bonchev–Trinajstić information content (AvgIpc) is 2.72. The van der Waals surface area contributed by atoms with Crippen molar-refractivity contribution in [3.8, 4) is 17.2 Å². The Labute approximate surface area is 177 Å². The van der Waals surface area contributed by atoms with E-state index in [2.05, 4.69) is 11.9 Å². The predicted molar refractivity (Wildman–Crippen MR) is 117 cm³/mol. The molecule has 2 aromatic carbocycles. The molecule has 0 aliphatic carbocycles. The van der Waals surface area contributed by atoms with Gasteiger partial charge in [0.25, 0.3) is 0 Å². The van der Waals surface area contributed by atoms with Crippen LogP contribution in [0.3, 0.4) is 0 Å². The first-order valence-electron chi connectivity index (χ1n) is 9.07. The van der Waals surface area contributed by atoms with Crippen molar-refractivity contribution in [2.24, 2.45) is 0 Å². The quantitative estimate of drug-likeness (QED) is 0.578. The molecule has 0 radical (unpaired) electrons. The molecule has 2 rings (SSSR count). The number of carbonyl (C=O) groups excluding carboxylic acids is 1. The van der Waals surface area contributed by atoms with Crippen molar-refractivity contribution >= 4 is 27.3 Å². The summed E-state index contributed by atoms with van der Waals surface area (Å²) in [5.41, 5.74) is 0.707. The van der Waals surface area contributed by atoms with E-state index in [1.807, 2.05) is 0 Å². The van der Waals surface area contributed by atoms with Gasteiger partial charge in [-0.05, 0) is 43.3 Å². The van der Waals surface area contributed by atoms with Crippen LogP contribution in [0.2, 0.25) is 0 Å². The van der Waals surface area contributed by atoms with Gasteiger partial charge in [0.15, 0.2) is 0 Å². The van der Waals surface area contributed by atoms with Gasteiger partial charge in [-0.2, -0.15) is 0 Å². The fourth-order valence-electron chi connectivity index (χ4n) is 2.79. The maximum absolute atomic E-state index is 12.9. The summed E-state index contributed by atoms with van der Waals surface area (Å²) >= 11 is 0. The summed E-state index contributed by atoms with van der Waals surface area (Å²) in [7, 11) is -0.931. The van der Waals surface area contributed by atoms with E-state index in [4.69, 9.17) is 14.2 Å². The molecule has 9 heteroatoms. The smallest absolute Gasteiger partial charge is 0.247 e. The fraction of sp³-hybridized carbons (Fsp3) is 0.286. The fourth-order valence-corrected chi connectivity index (χ4v) is 3.96. The SMILES string of the molecule is C=CCOc1ccc(NC(=O)[C@@H](C)N(c2cc(OC)ccc2OC)S(C)(=O)=O)cc1. The third kappa shape index (κ3) is 5.66. The number of sulfonamides is 1. The second-order valence-corrected chi connectivity index (χ2v) is 8.25. The molecule has 2 aromatic rings. The van der Waals surface area contributed by atoms with Crippen molar-refractivity contribution in [2.75, 3.05) is 36.7 Å². The lowest BCUT2D eigenvalue weighted by molar-refractivity contribution is -0.116.